The zero-order valence-corrected chi connectivity index (χ0v) is 4.95. The van der Waals surface area contributed by atoms with Crippen LogP contribution in [-0.4, -0.2) is 16.3 Å². The quantitative estimate of drug-likeness (QED) is 0.394. The summed E-state index contributed by atoms with van der Waals surface area (Å²) < 4.78 is 23.0. The van der Waals surface area contributed by atoms with E-state index in [4.69, 9.17) is 5.11 Å². The SMILES string of the molecule is O=C(O)C#CC(F)(F)S. The molecule has 0 heterocycles. The standard InChI is InChI=1S/C4H2F2O2S/c5-4(6,9)2-1-3(7)8/h9H,(H,7,8). The molecular weight excluding hydrogens is 150 g/mol. The van der Waals surface area contributed by atoms with Gasteiger partial charge in [0.2, 0.25) is 0 Å². The summed E-state index contributed by atoms with van der Waals surface area (Å²) in [7, 11) is 0. The molecule has 1 N–H and O–H groups in total. The largest absolute Gasteiger partial charge is 0.472 e. The first-order valence-corrected chi connectivity index (χ1v) is 2.23. The molecule has 0 saturated heterocycles. The molecule has 0 spiro atoms. The van der Waals surface area contributed by atoms with Crippen LogP contribution in [0.5, 0.6) is 0 Å². The fraction of sp³-hybridized carbons (Fsp3) is 0.250. The number of rotatable bonds is 0. The van der Waals surface area contributed by atoms with Crippen LogP contribution in [0.15, 0.2) is 0 Å². The van der Waals surface area contributed by atoms with Gasteiger partial charge >= 0.3 is 11.2 Å². The van der Waals surface area contributed by atoms with E-state index in [0.717, 1.165) is 5.92 Å². The van der Waals surface area contributed by atoms with Gasteiger partial charge in [0.05, 0.1) is 0 Å². The number of aliphatic carboxylic acids is 1. The molecule has 50 valence electrons. The highest BCUT2D eigenvalue weighted by molar-refractivity contribution is 7.81. The molecule has 0 aliphatic heterocycles. The van der Waals surface area contributed by atoms with Crippen LogP contribution >= 0.6 is 12.6 Å². The van der Waals surface area contributed by atoms with Crippen molar-refractivity contribution < 1.29 is 18.7 Å². The zero-order valence-electron chi connectivity index (χ0n) is 4.06. The van der Waals surface area contributed by atoms with E-state index in [2.05, 4.69) is 12.6 Å². The van der Waals surface area contributed by atoms with Gasteiger partial charge in [-0.05, 0) is 5.92 Å². The summed E-state index contributed by atoms with van der Waals surface area (Å²) in [5.41, 5.74) is 0. The van der Waals surface area contributed by atoms with Gasteiger partial charge in [-0.3, -0.25) is 0 Å². The molecule has 0 aromatic heterocycles. The van der Waals surface area contributed by atoms with E-state index in [9.17, 15) is 13.6 Å². The fourth-order valence-corrected chi connectivity index (χ4v) is 0.185. The second-order valence-electron chi connectivity index (χ2n) is 1.10. The molecular formula is C4H2F2O2S. The van der Waals surface area contributed by atoms with Crippen LogP contribution in [0.1, 0.15) is 0 Å². The lowest BCUT2D eigenvalue weighted by Gasteiger charge is -1.93. The Morgan fingerprint density at radius 2 is 2.11 bits per heavy atom. The van der Waals surface area contributed by atoms with E-state index in [1.54, 1.807) is 0 Å². The monoisotopic (exact) mass is 152 g/mol. The Morgan fingerprint density at radius 1 is 1.67 bits per heavy atom. The minimum absolute atomic E-state index is 1.10. The van der Waals surface area contributed by atoms with Crippen LogP contribution in [0.2, 0.25) is 0 Å². The maximum atomic E-state index is 11.5. The van der Waals surface area contributed by atoms with Gasteiger partial charge in [-0.15, -0.1) is 0 Å². The van der Waals surface area contributed by atoms with Crippen LogP contribution in [0.25, 0.3) is 0 Å². The second kappa shape index (κ2) is 2.69. The van der Waals surface area contributed by atoms with Crippen LogP contribution in [0, 0.1) is 11.8 Å². The molecule has 0 rings (SSSR count). The molecule has 9 heavy (non-hydrogen) atoms. The minimum atomic E-state index is -3.52. The van der Waals surface area contributed by atoms with Gasteiger partial charge in [0.1, 0.15) is 0 Å². The second-order valence-corrected chi connectivity index (χ2v) is 1.66. The van der Waals surface area contributed by atoms with Crippen molar-refractivity contribution in [1.29, 1.82) is 0 Å². The van der Waals surface area contributed by atoms with E-state index in [1.165, 1.54) is 5.92 Å². The predicted molar refractivity (Wildman–Crippen MR) is 29.3 cm³/mol. The average molecular weight is 152 g/mol. The van der Waals surface area contributed by atoms with Gasteiger partial charge in [0, 0.05) is 5.92 Å². The third-order valence-electron chi connectivity index (χ3n) is 0.320. The highest BCUT2D eigenvalue weighted by Crippen LogP contribution is 2.15. The van der Waals surface area contributed by atoms with Gasteiger partial charge in [-0.2, -0.15) is 8.78 Å². The van der Waals surface area contributed by atoms with Crippen molar-refractivity contribution in [2.75, 3.05) is 0 Å². The molecule has 0 atom stereocenters. The molecule has 5 heteroatoms. The lowest BCUT2D eigenvalue weighted by molar-refractivity contribution is -0.130. The molecule has 0 unspecified atom stereocenters. The van der Waals surface area contributed by atoms with E-state index in [-0.39, 0.29) is 0 Å². The van der Waals surface area contributed by atoms with Crippen LogP contribution < -0.4 is 0 Å². The molecule has 0 aliphatic rings. The molecule has 0 amide bonds. The van der Waals surface area contributed by atoms with Crippen molar-refractivity contribution in [3.8, 4) is 11.8 Å². The number of thiol groups is 1. The number of hydrogen-bond donors (Lipinski definition) is 2. The topological polar surface area (TPSA) is 37.3 Å². The van der Waals surface area contributed by atoms with E-state index >= 15 is 0 Å². The van der Waals surface area contributed by atoms with Crippen LogP contribution in [-0.2, 0) is 4.79 Å². The molecule has 2 nitrogen and oxygen atoms in total. The van der Waals surface area contributed by atoms with Crippen LogP contribution in [0.4, 0.5) is 8.78 Å². The molecule has 0 aromatic rings. The summed E-state index contributed by atoms with van der Waals surface area (Å²) in [5, 5.41) is 4.22. The summed E-state index contributed by atoms with van der Waals surface area (Å²) in [6, 6.07) is 0. The summed E-state index contributed by atoms with van der Waals surface area (Å²) in [6.07, 6.45) is 0. The molecule has 0 radical (unpaired) electrons. The van der Waals surface area contributed by atoms with Gasteiger partial charge < -0.3 is 5.11 Å². The maximum Gasteiger partial charge on any atom is 0.382 e. The molecule has 0 aromatic carbocycles. The number of alkyl halides is 2. The molecule has 0 aliphatic carbocycles. The number of carboxylic acids is 1. The van der Waals surface area contributed by atoms with E-state index in [1.807, 2.05) is 0 Å². The van der Waals surface area contributed by atoms with Gasteiger partial charge in [0.25, 0.3) is 0 Å². The number of carboxylic acid groups (broad SMARTS) is 1. The highest BCUT2D eigenvalue weighted by Gasteiger charge is 2.17. The van der Waals surface area contributed by atoms with Crippen molar-refractivity contribution in [3.63, 3.8) is 0 Å². The molecule has 0 fully saturated rings. The van der Waals surface area contributed by atoms with Crippen molar-refractivity contribution in [2.45, 2.75) is 5.25 Å². The van der Waals surface area contributed by atoms with Crippen molar-refractivity contribution >= 4 is 18.6 Å². The summed E-state index contributed by atoms with van der Waals surface area (Å²) in [6.45, 7) is 0. The van der Waals surface area contributed by atoms with E-state index < -0.39 is 11.2 Å². The van der Waals surface area contributed by atoms with Crippen LogP contribution in [0.3, 0.4) is 0 Å². The highest BCUT2D eigenvalue weighted by atomic mass is 32.1. The lowest BCUT2D eigenvalue weighted by atomic mass is 10.6. The van der Waals surface area contributed by atoms with Crippen molar-refractivity contribution in [2.24, 2.45) is 0 Å². The van der Waals surface area contributed by atoms with Crippen molar-refractivity contribution in [1.82, 2.24) is 0 Å². The third kappa shape index (κ3) is 7.24. The minimum Gasteiger partial charge on any atom is -0.472 e. The Labute approximate surface area is 55.3 Å². The average Bonchev–Trinajstić information content (AvgIpc) is 1.59. The summed E-state index contributed by atoms with van der Waals surface area (Å²) >= 11 is 2.66. The van der Waals surface area contributed by atoms with Gasteiger partial charge in [-0.25, -0.2) is 4.79 Å². The zero-order chi connectivity index (χ0) is 7.49. The first-order valence-electron chi connectivity index (χ1n) is 1.78. The maximum absolute atomic E-state index is 11.5. The smallest absolute Gasteiger partial charge is 0.382 e. The van der Waals surface area contributed by atoms with E-state index in [0.29, 0.717) is 0 Å². The Hall–Kier alpha value is -0.760. The normalized spacial score (nSPS) is 9.67. The van der Waals surface area contributed by atoms with Gasteiger partial charge in [0.15, 0.2) is 0 Å². The Balaban J connectivity index is 4.04. The first kappa shape index (κ1) is 8.24. The Morgan fingerprint density at radius 3 is 2.22 bits per heavy atom. The number of halogens is 2. The Kier molecular flexibility index (Phi) is 2.46. The Bertz CT molecular complexity index is 173. The number of hydrogen-bond acceptors (Lipinski definition) is 2. The third-order valence-corrected chi connectivity index (χ3v) is 0.432. The van der Waals surface area contributed by atoms with Crippen molar-refractivity contribution in [3.05, 3.63) is 0 Å². The predicted octanol–water partition coefficient (Wildman–Crippen LogP) is 0.597. The molecule has 0 saturated carbocycles. The summed E-state index contributed by atoms with van der Waals surface area (Å²) in [4.78, 5) is 9.51. The fourth-order valence-electron chi connectivity index (χ4n) is 0.129. The van der Waals surface area contributed by atoms with Gasteiger partial charge in [-0.1, -0.05) is 12.6 Å². The first-order chi connectivity index (χ1) is 3.92. The summed E-state index contributed by atoms with van der Waals surface area (Å²) in [5.74, 6) is 0.735. The number of carbonyl (C=O) groups is 1. The molecule has 0 bridgehead atoms. The lowest BCUT2D eigenvalue weighted by Crippen LogP contribution is -2.01.